The van der Waals surface area contributed by atoms with Gasteiger partial charge in [0.2, 0.25) is 5.91 Å². The topological polar surface area (TPSA) is 68.9 Å². The molecule has 0 saturated heterocycles. The zero-order valence-corrected chi connectivity index (χ0v) is 17.9. The fourth-order valence-electron chi connectivity index (χ4n) is 3.55. The van der Waals surface area contributed by atoms with Crippen molar-refractivity contribution in [3.8, 4) is 11.4 Å². The van der Waals surface area contributed by atoms with E-state index in [2.05, 4.69) is 10.4 Å². The lowest BCUT2D eigenvalue weighted by molar-refractivity contribution is -0.138. The highest BCUT2D eigenvalue weighted by Crippen LogP contribution is 2.36. The van der Waals surface area contributed by atoms with E-state index >= 15 is 0 Å². The zero-order valence-electron chi connectivity index (χ0n) is 17.1. The van der Waals surface area contributed by atoms with Crippen LogP contribution in [0.25, 0.3) is 11.4 Å². The summed E-state index contributed by atoms with van der Waals surface area (Å²) < 4.78 is 41.9. The second-order valence-corrected chi connectivity index (χ2v) is 8.17. The minimum atomic E-state index is -4.47. The first-order valence-corrected chi connectivity index (χ1v) is 10.4. The summed E-state index contributed by atoms with van der Waals surface area (Å²) in [7, 11) is 0. The molecule has 4 rings (SSSR count). The lowest BCUT2D eigenvalue weighted by atomic mass is 10.0. The number of halogens is 4. The number of benzene rings is 2. The molecule has 1 saturated carbocycles. The molecule has 1 fully saturated rings. The molecule has 3 aromatic rings. The summed E-state index contributed by atoms with van der Waals surface area (Å²) in [6.45, 7) is 0.943. The Hall–Kier alpha value is -3.07. The van der Waals surface area contributed by atoms with E-state index in [4.69, 9.17) is 11.6 Å². The zero-order chi connectivity index (χ0) is 23.0. The Kier molecular flexibility index (Phi) is 5.85. The number of alkyl halides is 3. The van der Waals surface area contributed by atoms with Gasteiger partial charge in [0, 0.05) is 23.2 Å². The van der Waals surface area contributed by atoms with E-state index in [9.17, 15) is 22.8 Å². The van der Waals surface area contributed by atoms with Crippen LogP contribution in [0.15, 0.2) is 47.3 Å². The van der Waals surface area contributed by atoms with Crippen LogP contribution in [0.4, 0.5) is 13.2 Å². The van der Waals surface area contributed by atoms with E-state index in [1.165, 1.54) is 19.1 Å². The molecule has 1 N–H and O–H groups in total. The second-order valence-electron chi connectivity index (χ2n) is 7.74. The normalized spacial score (nSPS) is 13.9. The van der Waals surface area contributed by atoms with Crippen molar-refractivity contribution in [1.82, 2.24) is 19.7 Å². The molecule has 0 unspecified atom stereocenters. The molecule has 0 atom stereocenters. The second kappa shape index (κ2) is 8.46. The molecule has 1 heterocycles. The Labute approximate surface area is 186 Å². The van der Waals surface area contributed by atoms with Gasteiger partial charge < -0.3 is 5.32 Å². The van der Waals surface area contributed by atoms with E-state index in [1.807, 2.05) is 0 Å². The molecule has 1 aliphatic carbocycles. The monoisotopic (exact) mass is 464 g/mol. The third kappa shape index (κ3) is 4.57. The fraction of sp³-hybridized carbons (Fsp3) is 0.318. The van der Waals surface area contributed by atoms with Gasteiger partial charge >= 0.3 is 11.9 Å². The number of nitrogens with zero attached hydrogens (tertiary/aromatic N) is 3. The van der Waals surface area contributed by atoms with Crippen molar-refractivity contribution in [2.45, 2.75) is 45.1 Å². The van der Waals surface area contributed by atoms with Gasteiger partial charge in [0.05, 0.1) is 5.56 Å². The predicted molar refractivity (Wildman–Crippen MR) is 113 cm³/mol. The molecular weight excluding hydrogens is 445 g/mol. The van der Waals surface area contributed by atoms with Gasteiger partial charge in [-0.2, -0.15) is 13.2 Å². The van der Waals surface area contributed by atoms with Crippen LogP contribution in [0, 0.1) is 6.92 Å². The number of nitrogens with one attached hydrogen (secondary N) is 1. The van der Waals surface area contributed by atoms with Crippen molar-refractivity contribution in [2.24, 2.45) is 0 Å². The maximum atomic E-state index is 13.1. The summed E-state index contributed by atoms with van der Waals surface area (Å²) in [5.74, 6) is -0.0669. The summed E-state index contributed by atoms with van der Waals surface area (Å²) >= 11 is 5.94. The lowest BCUT2D eigenvalue weighted by Gasteiger charge is -2.14. The number of hydrogen-bond donors (Lipinski definition) is 1. The van der Waals surface area contributed by atoms with Crippen LogP contribution in [0.1, 0.15) is 35.6 Å². The molecule has 0 bridgehead atoms. The third-order valence-corrected chi connectivity index (χ3v) is 5.66. The number of aromatic nitrogens is 3. The van der Waals surface area contributed by atoms with Gasteiger partial charge in [-0.25, -0.2) is 9.48 Å². The molecule has 32 heavy (non-hydrogen) atoms. The summed E-state index contributed by atoms with van der Waals surface area (Å²) in [6.07, 6.45) is -2.76. The minimum Gasteiger partial charge on any atom is -0.350 e. The number of amides is 1. The highest BCUT2D eigenvalue weighted by atomic mass is 35.5. The molecular formula is C22H20ClF3N4O2. The van der Waals surface area contributed by atoms with E-state index < -0.39 is 23.3 Å². The van der Waals surface area contributed by atoms with Crippen LogP contribution in [-0.2, 0) is 24.1 Å². The van der Waals surface area contributed by atoms with Gasteiger partial charge in [0.15, 0.2) is 5.82 Å². The van der Waals surface area contributed by atoms with Crippen molar-refractivity contribution in [1.29, 1.82) is 0 Å². The molecule has 1 aliphatic rings. The van der Waals surface area contributed by atoms with E-state index in [0.717, 1.165) is 23.6 Å². The van der Waals surface area contributed by atoms with Gasteiger partial charge in [-0.1, -0.05) is 23.7 Å². The Morgan fingerprint density at radius 1 is 1.19 bits per heavy atom. The molecule has 1 amide bonds. The minimum absolute atomic E-state index is 0.0396. The number of carbonyl (C=O) groups excluding carboxylic acids is 1. The quantitative estimate of drug-likeness (QED) is 0.590. The summed E-state index contributed by atoms with van der Waals surface area (Å²) in [5, 5.41) is 7.48. The molecule has 0 spiro atoms. The van der Waals surface area contributed by atoms with Gasteiger partial charge in [-0.3, -0.25) is 9.36 Å². The number of carbonyl (C=O) groups is 1. The Balaban J connectivity index is 1.52. The molecule has 2 aromatic carbocycles. The first-order chi connectivity index (χ1) is 15.1. The summed E-state index contributed by atoms with van der Waals surface area (Å²) in [4.78, 5) is 25.3. The molecule has 1 aromatic heterocycles. The van der Waals surface area contributed by atoms with Crippen molar-refractivity contribution in [3.63, 3.8) is 0 Å². The highest BCUT2D eigenvalue weighted by molar-refractivity contribution is 6.30. The maximum Gasteiger partial charge on any atom is 0.416 e. The van der Waals surface area contributed by atoms with Crippen LogP contribution < -0.4 is 11.0 Å². The van der Waals surface area contributed by atoms with Crippen molar-refractivity contribution in [2.75, 3.05) is 0 Å². The Morgan fingerprint density at radius 3 is 2.50 bits per heavy atom. The van der Waals surface area contributed by atoms with Crippen LogP contribution in [0.2, 0.25) is 5.02 Å². The first-order valence-electron chi connectivity index (χ1n) is 10.0. The van der Waals surface area contributed by atoms with Crippen molar-refractivity contribution >= 4 is 17.5 Å². The van der Waals surface area contributed by atoms with Gasteiger partial charge in [-0.05, 0) is 61.2 Å². The first kappa shape index (κ1) is 22.1. The van der Waals surface area contributed by atoms with Crippen LogP contribution in [-0.4, -0.2) is 20.3 Å². The fourth-order valence-corrected chi connectivity index (χ4v) is 3.67. The smallest absolute Gasteiger partial charge is 0.350 e. The number of rotatable bonds is 6. The maximum absolute atomic E-state index is 13.1. The van der Waals surface area contributed by atoms with Crippen LogP contribution in [0.5, 0.6) is 0 Å². The third-order valence-electron chi connectivity index (χ3n) is 5.41. The largest absolute Gasteiger partial charge is 0.416 e. The van der Waals surface area contributed by atoms with Crippen molar-refractivity contribution in [3.05, 3.63) is 74.7 Å². The highest BCUT2D eigenvalue weighted by Gasteiger charge is 2.33. The summed E-state index contributed by atoms with van der Waals surface area (Å²) in [5.41, 5.74) is -0.0253. The molecule has 6 nitrogen and oxygen atoms in total. The average molecular weight is 465 g/mol. The van der Waals surface area contributed by atoms with E-state index in [0.29, 0.717) is 22.0 Å². The van der Waals surface area contributed by atoms with Gasteiger partial charge in [-0.15, -0.1) is 5.10 Å². The molecule has 0 aliphatic heterocycles. The molecule has 0 radical (unpaired) electrons. The van der Waals surface area contributed by atoms with Crippen LogP contribution in [0.3, 0.4) is 0 Å². The van der Waals surface area contributed by atoms with Gasteiger partial charge in [0.25, 0.3) is 0 Å². The molecule has 10 heteroatoms. The molecule has 168 valence electrons. The van der Waals surface area contributed by atoms with Crippen molar-refractivity contribution < 1.29 is 18.0 Å². The predicted octanol–water partition coefficient (Wildman–Crippen LogP) is 4.34. The standard InChI is InChI=1S/C22H20ClF3N4O2/c1-13-15(3-2-4-18(13)22(24,25)26)11-27-19(31)12-29-21(32)30(17-9-10-17)20(28-29)14-5-7-16(23)8-6-14/h2-8,17H,9-12H2,1H3,(H,27,31). The Bertz CT molecular complexity index is 1210. The Morgan fingerprint density at radius 2 is 1.88 bits per heavy atom. The van der Waals surface area contributed by atoms with Gasteiger partial charge in [0.1, 0.15) is 6.54 Å². The lowest BCUT2D eigenvalue weighted by Crippen LogP contribution is -2.33. The van der Waals surface area contributed by atoms with E-state index in [-0.39, 0.29) is 24.7 Å². The summed E-state index contributed by atoms with van der Waals surface area (Å²) in [6, 6.07) is 10.8. The SMILES string of the molecule is Cc1c(CNC(=O)Cn2nc(-c3ccc(Cl)cc3)n(C3CC3)c2=O)cccc1C(F)(F)F. The van der Waals surface area contributed by atoms with Crippen LogP contribution >= 0.6 is 11.6 Å². The average Bonchev–Trinajstić information content (AvgIpc) is 3.51. The van der Waals surface area contributed by atoms with E-state index in [1.54, 1.807) is 28.8 Å². The number of hydrogen-bond acceptors (Lipinski definition) is 3.